The predicted octanol–water partition coefficient (Wildman–Crippen LogP) is 3.28. The molecule has 0 radical (unpaired) electrons. The Morgan fingerprint density at radius 2 is 1.59 bits per heavy atom. The molecule has 1 saturated heterocycles. The molecule has 0 aromatic carbocycles. The van der Waals surface area contributed by atoms with E-state index in [0.29, 0.717) is 30.1 Å². The molecule has 2 aromatic rings. The molecule has 18 atom stereocenters. The number of carbonyl (C=O) groups is 4. The van der Waals surface area contributed by atoms with E-state index in [2.05, 4.69) is 55.2 Å². The average molecular weight is 1200 g/mol. The molecule has 5 fully saturated rings. The lowest BCUT2D eigenvalue weighted by Crippen LogP contribution is -2.58. The maximum atomic E-state index is 13.3. The molecule has 0 bridgehead atoms. The molecule has 4 aliphatic carbocycles. The molecule has 446 valence electrons. The zero-order valence-electron chi connectivity index (χ0n) is 45.1. The number of Topliss-reactive ketones (excluding diaryl/α,β-unsaturated/α-hetero) is 1. The molecule has 12 N–H and O–H groups in total. The molecule has 31 heteroatoms. The van der Waals surface area contributed by atoms with Crippen LogP contribution in [0.3, 0.4) is 0 Å². The fourth-order valence-electron chi connectivity index (χ4n) is 13.5. The van der Waals surface area contributed by atoms with E-state index in [0.717, 1.165) is 80.4 Å². The van der Waals surface area contributed by atoms with Crippen LogP contribution in [0.1, 0.15) is 118 Å². The van der Waals surface area contributed by atoms with Crippen LogP contribution in [0, 0.1) is 57.7 Å². The predicted molar refractivity (Wildman–Crippen MR) is 282 cm³/mol. The summed E-state index contributed by atoms with van der Waals surface area (Å²) >= 11 is 0.940. The first kappa shape index (κ1) is 63.7. The van der Waals surface area contributed by atoms with Gasteiger partial charge < -0.3 is 61.1 Å². The number of thioether (sulfide) groups is 1. The Kier molecular flexibility index (Phi) is 20.3. The minimum Gasteiger partial charge on any atom is -0.393 e. The van der Waals surface area contributed by atoms with Crippen molar-refractivity contribution in [2.75, 3.05) is 37.8 Å². The van der Waals surface area contributed by atoms with E-state index in [1.54, 1.807) is 6.92 Å². The third-order valence-corrected chi connectivity index (χ3v) is 22.0. The lowest BCUT2D eigenvalue weighted by Gasteiger charge is -2.62. The quantitative estimate of drug-likeness (QED) is 0.0386. The van der Waals surface area contributed by atoms with Crippen molar-refractivity contribution >= 4 is 74.9 Å². The van der Waals surface area contributed by atoms with Gasteiger partial charge >= 0.3 is 23.5 Å². The number of fused-ring (bicyclic) bond motifs is 6. The van der Waals surface area contributed by atoms with Crippen LogP contribution in [-0.2, 0) is 55.5 Å². The normalized spacial score (nSPS) is 33.6. The van der Waals surface area contributed by atoms with Gasteiger partial charge in [-0.1, -0.05) is 46.4 Å². The highest BCUT2D eigenvalue weighted by atomic mass is 32.2. The van der Waals surface area contributed by atoms with Crippen molar-refractivity contribution < 1.29 is 95.5 Å². The standard InChI is InChI=1S/C48H78N7O20P3S/c1-25(29-8-9-30-36-31(12-15-48(29,30)6)47(5)14-11-28(56)19-27(47)20-33(36)58)7-10-32(57)26(2)45(63)79-18-17-50-35(59)13-16-51-43(62)40(61)46(3,4)22-72-78(69,70)75-77(67,68)71-21-34-39(74-76(64,65)66)38(60)44(73-34)55-24-54-37-41(49)52-23-53-42(37)55/h23-31,33-34,36,38-40,44,56,58,60-61H,7-22H2,1-6H3,(H,50,59)(H,51,62)(H,67,68)(H,69,70)(H2,49,52,53)(H2,64,65,66)/t25-,26?,27+,28-,29-,30+,31+,33-,34-,36+,38-,39-,40?,44-,47+,48-/m1/s1. The van der Waals surface area contributed by atoms with E-state index in [-0.39, 0.29) is 94.4 Å². The fourth-order valence-corrected chi connectivity index (χ4v) is 17.1. The third-order valence-electron chi connectivity index (χ3n) is 17.8. The van der Waals surface area contributed by atoms with Gasteiger partial charge in [-0.15, -0.1) is 0 Å². The molecule has 5 aliphatic rings. The number of nitrogens with one attached hydrogen (secondary N) is 2. The molecule has 2 amide bonds. The Morgan fingerprint density at radius 1 is 0.911 bits per heavy atom. The summed E-state index contributed by atoms with van der Waals surface area (Å²) in [6.45, 7) is 8.89. The number of aliphatic hydroxyl groups is 4. The van der Waals surface area contributed by atoms with Crippen LogP contribution >= 0.6 is 35.2 Å². The van der Waals surface area contributed by atoms with E-state index in [9.17, 15) is 72.9 Å². The Balaban J connectivity index is 0.774. The number of nitrogens with two attached hydrogens (primary N) is 1. The van der Waals surface area contributed by atoms with Gasteiger partial charge in [-0.25, -0.2) is 28.6 Å². The van der Waals surface area contributed by atoms with Crippen molar-refractivity contribution in [1.82, 2.24) is 30.2 Å². The number of hydrogen-bond donors (Lipinski definition) is 11. The molecule has 2 aromatic heterocycles. The smallest absolute Gasteiger partial charge is 0.393 e. The summed E-state index contributed by atoms with van der Waals surface area (Å²) in [7, 11) is -16.5. The van der Waals surface area contributed by atoms with Crippen molar-refractivity contribution in [3.05, 3.63) is 12.7 Å². The molecule has 7 rings (SSSR count). The number of ether oxygens (including phenoxy) is 1. The van der Waals surface area contributed by atoms with E-state index < -0.39 is 90.5 Å². The van der Waals surface area contributed by atoms with E-state index in [4.69, 9.17) is 19.5 Å². The highest BCUT2D eigenvalue weighted by molar-refractivity contribution is 8.13. The molecule has 3 heterocycles. The van der Waals surface area contributed by atoms with E-state index in [1.165, 1.54) is 13.8 Å². The maximum Gasteiger partial charge on any atom is 0.481 e. The van der Waals surface area contributed by atoms with E-state index >= 15 is 0 Å². The number of nitrogens with zero attached hydrogens (tertiary/aromatic N) is 4. The average Bonchev–Trinajstić information content (AvgIpc) is 4.03. The molecular formula is C48H78N7O20P3S. The summed E-state index contributed by atoms with van der Waals surface area (Å²) in [4.78, 5) is 103. The summed E-state index contributed by atoms with van der Waals surface area (Å²) in [5, 5.41) is 48.4. The van der Waals surface area contributed by atoms with Crippen LogP contribution in [0.15, 0.2) is 12.7 Å². The van der Waals surface area contributed by atoms with Crippen molar-refractivity contribution in [3.8, 4) is 0 Å². The number of imidazole rings is 1. The first-order valence-electron chi connectivity index (χ1n) is 26.7. The molecule has 0 spiro atoms. The van der Waals surface area contributed by atoms with Gasteiger partial charge in [0.2, 0.25) is 11.8 Å². The first-order valence-corrected chi connectivity index (χ1v) is 32.2. The number of ketones is 1. The number of phosphoric acid groups is 3. The molecule has 79 heavy (non-hydrogen) atoms. The molecular weight excluding hydrogens is 1120 g/mol. The van der Waals surface area contributed by atoms with Gasteiger partial charge in [0.05, 0.1) is 37.7 Å². The monoisotopic (exact) mass is 1200 g/mol. The molecule has 4 unspecified atom stereocenters. The number of aliphatic hydroxyl groups excluding tert-OH is 4. The van der Waals surface area contributed by atoms with Gasteiger partial charge in [0.25, 0.3) is 0 Å². The summed E-state index contributed by atoms with van der Waals surface area (Å²) in [6, 6.07) is 0. The number of carbonyl (C=O) groups excluding carboxylic acids is 4. The van der Waals surface area contributed by atoms with Crippen molar-refractivity contribution in [2.45, 2.75) is 155 Å². The second-order valence-corrected chi connectivity index (χ2v) is 28.7. The Labute approximate surface area is 462 Å². The lowest BCUT2D eigenvalue weighted by atomic mass is 9.43. The van der Waals surface area contributed by atoms with Crippen LogP contribution < -0.4 is 16.4 Å². The van der Waals surface area contributed by atoms with Crippen LogP contribution in [-0.4, -0.2) is 151 Å². The van der Waals surface area contributed by atoms with Gasteiger partial charge in [0.15, 0.2) is 22.8 Å². The van der Waals surface area contributed by atoms with Crippen LogP contribution in [0.25, 0.3) is 11.2 Å². The van der Waals surface area contributed by atoms with Gasteiger partial charge in [-0.2, -0.15) is 4.31 Å². The van der Waals surface area contributed by atoms with E-state index in [1.807, 2.05) is 0 Å². The Hall–Kier alpha value is -2.85. The Bertz CT molecular complexity index is 2690. The van der Waals surface area contributed by atoms with Crippen LogP contribution in [0.4, 0.5) is 5.82 Å². The number of nitrogen functional groups attached to an aromatic ring is 1. The summed E-state index contributed by atoms with van der Waals surface area (Å²) in [6.07, 6.45) is 0.890. The fraction of sp³-hybridized carbons (Fsp3) is 0.812. The van der Waals surface area contributed by atoms with Gasteiger partial charge in [-0.3, -0.25) is 37.3 Å². The topological polar surface area (TPSA) is 421 Å². The number of aromatic nitrogens is 4. The molecule has 1 aliphatic heterocycles. The second kappa shape index (κ2) is 25.2. The highest BCUT2D eigenvalue weighted by Gasteiger charge is 2.63. The first-order chi connectivity index (χ1) is 36.8. The highest BCUT2D eigenvalue weighted by Crippen LogP contribution is 2.68. The lowest BCUT2D eigenvalue weighted by molar-refractivity contribution is -0.174. The van der Waals surface area contributed by atoms with Gasteiger partial charge in [0, 0.05) is 37.1 Å². The SMILES string of the molecule is CC(C(=O)CC[C@@H](C)[C@H]1CC[C@H]2[C@@H]3[C@H](O)C[C@@H]4C[C@H](O)CC[C@]4(C)[C@H]3CC[C@]12C)C(=O)SCCNC(=O)CCNC(=O)C(O)C(C)(C)COP(=O)(O)OP(=O)(O)OC[C@H]1O[C@@H](n2cnc3c(N)ncnc32)[C@H](O)[C@@H]1OP(=O)(O)O. The number of rotatable bonds is 25. The summed E-state index contributed by atoms with van der Waals surface area (Å²) in [5.74, 6) is -0.152. The molecule has 27 nitrogen and oxygen atoms in total. The summed E-state index contributed by atoms with van der Waals surface area (Å²) in [5.41, 5.74) is 4.45. The number of amides is 2. The van der Waals surface area contributed by atoms with Crippen molar-refractivity contribution in [1.29, 1.82) is 0 Å². The third kappa shape index (κ3) is 14.7. The zero-order chi connectivity index (χ0) is 58.2. The molecule has 4 saturated carbocycles. The van der Waals surface area contributed by atoms with Crippen LogP contribution in [0.5, 0.6) is 0 Å². The van der Waals surface area contributed by atoms with Gasteiger partial charge in [-0.05, 0) is 111 Å². The second-order valence-electron chi connectivity index (χ2n) is 23.4. The largest absolute Gasteiger partial charge is 0.481 e. The van der Waals surface area contributed by atoms with Gasteiger partial charge in [0.1, 0.15) is 42.0 Å². The minimum absolute atomic E-state index is 0.0217. The zero-order valence-corrected chi connectivity index (χ0v) is 48.6. The summed E-state index contributed by atoms with van der Waals surface area (Å²) < 4.78 is 62.7. The maximum absolute atomic E-state index is 13.3. The number of anilines is 1. The number of hydrogen-bond acceptors (Lipinski definition) is 21. The number of phosphoric ester groups is 3. The Morgan fingerprint density at radius 3 is 2.30 bits per heavy atom. The minimum atomic E-state index is -5.61. The van der Waals surface area contributed by atoms with Crippen molar-refractivity contribution in [2.24, 2.45) is 57.7 Å². The van der Waals surface area contributed by atoms with Crippen molar-refractivity contribution in [3.63, 3.8) is 0 Å². The van der Waals surface area contributed by atoms with Crippen LogP contribution in [0.2, 0.25) is 0 Å².